The van der Waals surface area contributed by atoms with Crippen molar-refractivity contribution < 1.29 is 4.74 Å². The van der Waals surface area contributed by atoms with E-state index in [0.717, 1.165) is 44.1 Å². The summed E-state index contributed by atoms with van der Waals surface area (Å²) in [5.41, 5.74) is 9.27. The molecular weight excluding hydrogens is 334 g/mol. The molecule has 1 atom stereocenters. The van der Waals surface area contributed by atoms with Crippen molar-refractivity contribution in [3.8, 4) is 16.9 Å². The van der Waals surface area contributed by atoms with Crippen LogP contribution in [-0.4, -0.2) is 24.7 Å². The molecule has 6 rings (SSSR count). The van der Waals surface area contributed by atoms with Crippen molar-refractivity contribution in [1.29, 1.82) is 0 Å². The van der Waals surface area contributed by atoms with Gasteiger partial charge in [-0.3, -0.25) is 0 Å². The van der Waals surface area contributed by atoms with E-state index in [-0.39, 0.29) is 0 Å². The fraction of sp³-hybridized carbons (Fsp3) is 0.304. The van der Waals surface area contributed by atoms with Crippen LogP contribution in [0.5, 0.6) is 5.75 Å². The van der Waals surface area contributed by atoms with Crippen LogP contribution in [0.3, 0.4) is 0 Å². The molecule has 1 fully saturated rings. The quantitative estimate of drug-likeness (QED) is 0.753. The molecule has 4 aliphatic rings. The minimum atomic E-state index is 0.670. The monoisotopic (exact) mass is 357 g/mol. The molecule has 1 aromatic heterocycles. The molecule has 0 bridgehead atoms. The standard InChI is InChI=1S/C23H23N3O/c1-2-14-7-9-27-22(14)18(3-1)20-13-26-23-19(20)11-17(12-25-23)15-4-5-21-16(10-15)6-8-24-21/h1-5,11,13,16,24-26H,6-10,12H2. The van der Waals surface area contributed by atoms with Crippen molar-refractivity contribution >= 4 is 11.9 Å². The summed E-state index contributed by atoms with van der Waals surface area (Å²) in [6.45, 7) is 2.78. The van der Waals surface area contributed by atoms with E-state index >= 15 is 0 Å². The predicted octanol–water partition coefficient (Wildman–Crippen LogP) is 4.25. The number of para-hydroxylation sites is 1. The summed E-state index contributed by atoms with van der Waals surface area (Å²) < 4.78 is 5.95. The second-order valence-electron chi connectivity index (χ2n) is 7.84. The maximum Gasteiger partial charge on any atom is 0.130 e. The Bertz CT molecular complexity index is 1020. The summed E-state index contributed by atoms with van der Waals surface area (Å²) in [5.74, 6) is 2.84. The van der Waals surface area contributed by atoms with Gasteiger partial charge in [0.05, 0.1) is 6.61 Å². The van der Waals surface area contributed by atoms with E-state index < -0.39 is 0 Å². The van der Waals surface area contributed by atoms with Crippen LogP contribution >= 0.6 is 0 Å². The van der Waals surface area contributed by atoms with Crippen LogP contribution in [0.25, 0.3) is 17.2 Å². The number of hydrogen-bond donors (Lipinski definition) is 3. The van der Waals surface area contributed by atoms with E-state index in [1.54, 1.807) is 0 Å². The molecular formula is C23H23N3O. The first-order chi connectivity index (χ1) is 13.4. The highest BCUT2D eigenvalue weighted by atomic mass is 16.5. The highest BCUT2D eigenvalue weighted by Gasteiger charge is 2.27. The summed E-state index contributed by atoms with van der Waals surface area (Å²) in [4.78, 5) is 3.42. The second kappa shape index (κ2) is 5.81. The summed E-state index contributed by atoms with van der Waals surface area (Å²) in [5, 5.41) is 7.10. The van der Waals surface area contributed by atoms with Crippen molar-refractivity contribution in [2.24, 2.45) is 5.92 Å². The van der Waals surface area contributed by atoms with Crippen LogP contribution in [0.1, 0.15) is 24.0 Å². The molecule has 1 aliphatic carbocycles. The zero-order valence-corrected chi connectivity index (χ0v) is 15.3. The molecule has 1 saturated heterocycles. The van der Waals surface area contributed by atoms with Gasteiger partial charge in [0.25, 0.3) is 0 Å². The van der Waals surface area contributed by atoms with E-state index in [0.29, 0.717) is 5.92 Å². The number of aromatic amines is 1. The molecule has 1 aromatic carbocycles. The van der Waals surface area contributed by atoms with Gasteiger partial charge in [0.15, 0.2) is 0 Å². The zero-order valence-electron chi connectivity index (χ0n) is 15.3. The lowest BCUT2D eigenvalue weighted by Crippen LogP contribution is -2.16. The summed E-state index contributed by atoms with van der Waals surface area (Å²) in [6.07, 6.45) is 12.5. The molecule has 0 saturated carbocycles. The lowest BCUT2D eigenvalue weighted by atomic mass is 9.86. The van der Waals surface area contributed by atoms with Crippen LogP contribution in [0.4, 0.5) is 5.82 Å². The van der Waals surface area contributed by atoms with Gasteiger partial charge in [0.2, 0.25) is 0 Å². The number of H-pyrrole nitrogens is 1. The molecule has 2 aromatic rings. The van der Waals surface area contributed by atoms with E-state index in [2.05, 4.69) is 58.2 Å². The highest BCUT2D eigenvalue weighted by Crippen LogP contribution is 2.43. The third-order valence-electron chi connectivity index (χ3n) is 6.30. The Balaban J connectivity index is 1.41. The molecule has 4 heterocycles. The number of nitrogens with one attached hydrogen (secondary N) is 3. The molecule has 136 valence electrons. The second-order valence-corrected chi connectivity index (χ2v) is 7.84. The van der Waals surface area contributed by atoms with Gasteiger partial charge < -0.3 is 20.4 Å². The third kappa shape index (κ3) is 2.36. The van der Waals surface area contributed by atoms with E-state index in [4.69, 9.17) is 4.74 Å². The lowest BCUT2D eigenvalue weighted by Gasteiger charge is -2.24. The number of benzene rings is 1. The normalized spacial score (nSPS) is 22.4. The molecule has 3 aliphatic heterocycles. The Morgan fingerprint density at radius 2 is 2.04 bits per heavy atom. The maximum absolute atomic E-state index is 5.95. The fourth-order valence-electron chi connectivity index (χ4n) is 4.86. The summed E-state index contributed by atoms with van der Waals surface area (Å²) >= 11 is 0. The van der Waals surface area contributed by atoms with Gasteiger partial charge in [0, 0.05) is 54.0 Å². The Kier molecular flexibility index (Phi) is 3.27. The van der Waals surface area contributed by atoms with Crippen LogP contribution in [0.15, 0.2) is 53.4 Å². The highest BCUT2D eigenvalue weighted by molar-refractivity contribution is 5.88. The van der Waals surface area contributed by atoms with Gasteiger partial charge in [-0.2, -0.15) is 0 Å². The van der Waals surface area contributed by atoms with Gasteiger partial charge in [-0.15, -0.1) is 0 Å². The van der Waals surface area contributed by atoms with Crippen molar-refractivity contribution in [1.82, 2.24) is 10.3 Å². The van der Waals surface area contributed by atoms with Gasteiger partial charge in [0.1, 0.15) is 11.6 Å². The molecule has 3 N–H and O–H groups in total. The topological polar surface area (TPSA) is 49.1 Å². The number of ether oxygens (including phenoxy) is 1. The number of aromatic nitrogens is 1. The lowest BCUT2D eigenvalue weighted by molar-refractivity contribution is 0.358. The average Bonchev–Trinajstić information content (AvgIpc) is 3.44. The minimum absolute atomic E-state index is 0.670. The predicted molar refractivity (Wildman–Crippen MR) is 109 cm³/mol. The van der Waals surface area contributed by atoms with Gasteiger partial charge in [-0.1, -0.05) is 24.3 Å². The Morgan fingerprint density at radius 3 is 3.04 bits per heavy atom. The molecule has 27 heavy (non-hydrogen) atoms. The first-order valence-electron chi connectivity index (χ1n) is 9.93. The Hall–Kier alpha value is -2.88. The Labute approximate surface area is 159 Å². The number of allylic oxidation sites excluding steroid dienone is 3. The molecule has 0 amide bonds. The van der Waals surface area contributed by atoms with Crippen LogP contribution in [-0.2, 0) is 6.42 Å². The summed E-state index contributed by atoms with van der Waals surface area (Å²) in [7, 11) is 0. The number of rotatable bonds is 2. The number of fused-ring (bicyclic) bond motifs is 3. The van der Waals surface area contributed by atoms with E-state index in [1.807, 2.05) is 0 Å². The smallest absolute Gasteiger partial charge is 0.130 e. The van der Waals surface area contributed by atoms with E-state index in [1.165, 1.54) is 45.5 Å². The van der Waals surface area contributed by atoms with E-state index in [9.17, 15) is 0 Å². The third-order valence-corrected chi connectivity index (χ3v) is 6.30. The average molecular weight is 357 g/mol. The molecule has 1 unspecified atom stereocenters. The molecule has 4 heteroatoms. The fourth-order valence-corrected chi connectivity index (χ4v) is 4.86. The van der Waals surface area contributed by atoms with Crippen LogP contribution < -0.4 is 15.4 Å². The largest absolute Gasteiger partial charge is 0.492 e. The van der Waals surface area contributed by atoms with Gasteiger partial charge in [-0.25, -0.2) is 0 Å². The van der Waals surface area contributed by atoms with Crippen LogP contribution in [0, 0.1) is 5.92 Å². The first-order valence-corrected chi connectivity index (χ1v) is 9.93. The molecule has 0 spiro atoms. The van der Waals surface area contributed by atoms with Crippen molar-refractivity contribution in [2.75, 3.05) is 25.0 Å². The first kappa shape index (κ1) is 15.2. The zero-order chi connectivity index (χ0) is 17.8. The molecule has 4 nitrogen and oxygen atoms in total. The minimum Gasteiger partial charge on any atom is -0.492 e. The van der Waals surface area contributed by atoms with Crippen LogP contribution in [0.2, 0.25) is 0 Å². The van der Waals surface area contributed by atoms with Crippen molar-refractivity contribution in [3.63, 3.8) is 0 Å². The summed E-state index contributed by atoms with van der Waals surface area (Å²) in [6, 6.07) is 6.50. The number of anilines is 1. The maximum atomic E-state index is 5.95. The van der Waals surface area contributed by atoms with Gasteiger partial charge >= 0.3 is 0 Å². The number of hydrogen-bond acceptors (Lipinski definition) is 3. The van der Waals surface area contributed by atoms with Gasteiger partial charge in [-0.05, 0) is 41.7 Å². The van der Waals surface area contributed by atoms with Crippen molar-refractivity contribution in [2.45, 2.75) is 19.3 Å². The van der Waals surface area contributed by atoms with Crippen molar-refractivity contribution in [3.05, 3.63) is 64.5 Å². The molecule has 0 radical (unpaired) electrons. The SMILES string of the molecule is C1=C(C2=CC=C3NCCC3C2)CNc2[nH]cc(-c3cccc4c3OCC4)c21. The Morgan fingerprint density at radius 1 is 1.04 bits per heavy atom.